The number of rotatable bonds is 3. The third kappa shape index (κ3) is 3.69. The number of nitrogens with one attached hydrogen (secondary N) is 1. The lowest BCUT2D eigenvalue weighted by Crippen LogP contribution is -2.17. The summed E-state index contributed by atoms with van der Waals surface area (Å²) in [5.41, 5.74) is 0.0842. The summed E-state index contributed by atoms with van der Waals surface area (Å²) in [4.78, 5) is 19.2. The number of anilines is 1. The Bertz CT molecular complexity index is 622. The molecule has 1 aromatic carbocycles. The van der Waals surface area contributed by atoms with Gasteiger partial charge in [0, 0.05) is 12.3 Å². The molecule has 98 valence electrons. The van der Waals surface area contributed by atoms with Gasteiger partial charge in [-0.25, -0.2) is 18.7 Å². The van der Waals surface area contributed by atoms with Crippen LogP contribution in [0.1, 0.15) is 5.56 Å². The maximum Gasteiger partial charge on any atom is 0.231 e. The number of nitrogens with zero attached hydrogens (tertiary/aromatic N) is 2. The van der Waals surface area contributed by atoms with E-state index >= 15 is 0 Å². The highest BCUT2D eigenvalue weighted by atomic mass is 35.5. The zero-order chi connectivity index (χ0) is 13.8. The van der Waals surface area contributed by atoms with Gasteiger partial charge in [-0.3, -0.25) is 10.1 Å². The zero-order valence-corrected chi connectivity index (χ0v) is 10.3. The summed E-state index contributed by atoms with van der Waals surface area (Å²) in [5, 5.41) is 2.55. The molecule has 1 amide bonds. The Morgan fingerprint density at radius 1 is 1.32 bits per heavy atom. The minimum absolute atomic E-state index is 0.0278. The van der Waals surface area contributed by atoms with Crippen molar-refractivity contribution in [2.45, 2.75) is 6.42 Å². The largest absolute Gasteiger partial charge is 0.294 e. The van der Waals surface area contributed by atoms with E-state index in [4.69, 9.17) is 11.6 Å². The van der Waals surface area contributed by atoms with Crippen molar-refractivity contribution in [3.05, 3.63) is 52.8 Å². The van der Waals surface area contributed by atoms with Crippen molar-refractivity contribution in [1.29, 1.82) is 0 Å². The molecule has 4 nitrogen and oxygen atoms in total. The van der Waals surface area contributed by atoms with Crippen LogP contribution >= 0.6 is 11.6 Å². The van der Waals surface area contributed by atoms with Crippen LogP contribution in [0.2, 0.25) is 5.15 Å². The number of benzene rings is 1. The van der Waals surface area contributed by atoms with Crippen LogP contribution in [-0.2, 0) is 11.2 Å². The van der Waals surface area contributed by atoms with Gasteiger partial charge in [0.2, 0.25) is 11.9 Å². The van der Waals surface area contributed by atoms with E-state index in [1.54, 1.807) is 0 Å². The zero-order valence-electron chi connectivity index (χ0n) is 9.53. The predicted molar refractivity (Wildman–Crippen MR) is 65.7 cm³/mol. The molecular formula is C12H8ClF2N3O. The molecule has 7 heteroatoms. The molecular weight excluding hydrogens is 276 g/mol. The number of amides is 1. The Labute approximate surface area is 112 Å². The molecule has 0 saturated carbocycles. The lowest BCUT2D eigenvalue weighted by Gasteiger charge is -2.04. The summed E-state index contributed by atoms with van der Waals surface area (Å²) >= 11 is 5.63. The Morgan fingerprint density at radius 3 is 2.79 bits per heavy atom. The number of hydrogen-bond acceptors (Lipinski definition) is 3. The van der Waals surface area contributed by atoms with Crippen molar-refractivity contribution >= 4 is 23.5 Å². The topological polar surface area (TPSA) is 54.9 Å². The van der Waals surface area contributed by atoms with E-state index in [9.17, 15) is 13.6 Å². The summed E-state index contributed by atoms with van der Waals surface area (Å²) in [6.45, 7) is 0. The van der Waals surface area contributed by atoms with Gasteiger partial charge in [-0.1, -0.05) is 17.7 Å². The Kier molecular flexibility index (Phi) is 4.01. The third-order valence-corrected chi connectivity index (χ3v) is 2.45. The van der Waals surface area contributed by atoms with Crippen molar-refractivity contribution in [3.8, 4) is 0 Å². The third-order valence-electron chi connectivity index (χ3n) is 2.24. The minimum Gasteiger partial charge on any atom is -0.294 e. The van der Waals surface area contributed by atoms with Crippen LogP contribution in [0.3, 0.4) is 0 Å². The molecule has 0 spiro atoms. The van der Waals surface area contributed by atoms with Crippen LogP contribution in [0.5, 0.6) is 0 Å². The fraction of sp³-hybridized carbons (Fsp3) is 0.0833. The van der Waals surface area contributed by atoms with Gasteiger partial charge in [-0.15, -0.1) is 0 Å². The Morgan fingerprint density at radius 2 is 2.11 bits per heavy atom. The monoisotopic (exact) mass is 283 g/mol. The second-order valence-electron chi connectivity index (χ2n) is 3.66. The van der Waals surface area contributed by atoms with Gasteiger partial charge >= 0.3 is 0 Å². The van der Waals surface area contributed by atoms with Crippen LogP contribution < -0.4 is 5.32 Å². The van der Waals surface area contributed by atoms with Gasteiger partial charge < -0.3 is 0 Å². The van der Waals surface area contributed by atoms with Crippen LogP contribution in [0.4, 0.5) is 14.7 Å². The summed E-state index contributed by atoms with van der Waals surface area (Å²) in [5.74, 6) is -1.96. The van der Waals surface area contributed by atoms with E-state index in [0.717, 1.165) is 12.1 Å². The van der Waals surface area contributed by atoms with Gasteiger partial charge in [0.25, 0.3) is 0 Å². The summed E-state index contributed by atoms with van der Waals surface area (Å²) in [7, 11) is 0. The SMILES string of the molecule is O=C(Cc1ccc(F)cc1F)Nc1nccc(Cl)n1. The molecule has 0 aliphatic carbocycles. The first-order valence-corrected chi connectivity index (χ1v) is 5.65. The number of hydrogen-bond donors (Lipinski definition) is 1. The van der Waals surface area contributed by atoms with E-state index in [1.165, 1.54) is 18.3 Å². The maximum absolute atomic E-state index is 13.3. The van der Waals surface area contributed by atoms with Crippen molar-refractivity contribution in [2.75, 3.05) is 5.32 Å². The fourth-order valence-corrected chi connectivity index (χ4v) is 1.54. The van der Waals surface area contributed by atoms with Gasteiger partial charge in [-0.05, 0) is 17.7 Å². The molecule has 1 N–H and O–H groups in total. The van der Waals surface area contributed by atoms with Crippen LogP contribution in [0.15, 0.2) is 30.5 Å². The van der Waals surface area contributed by atoms with Crippen LogP contribution in [0.25, 0.3) is 0 Å². The average molecular weight is 284 g/mol. The highest BCUT2D eigenvalue weighted by Crippen LogP contribution is 2.11. The quantitative estimate of drug-likeness (QED) is 0.881. The number of carbonyl (C=O) groups is 1. The normalized spacial score (nSPS) is 10.3. The van der Waals surface area contributed by atoms with Gasteiger partial charge in [0.05, 0.1) is 6.42 Å². The summed E-state index contributed by atoms with van der Waals surface area (Å²) in [6.07, 6.45) is 1.13. The molecule has 0 atom stereocenters. The molecule has 0 saturated heterocycles. The molecule has 2 aromatic rings. The second-order valence-corrected chi connectivity index (χ2v) is 4.05. The molecule has 0 unspecified atom stereocenters. The predicted octanol–water partition coefficient (Wildman–Crippen LogP) is 2.59. The molecule has 0 aliphatic heterocycles. The lowest BCUT2D eigenvalue weighted by atomic mass is 10.1. The van der Waals surface area contributed by atoms with Crippen molar-refractivity contribution < 1.29 is 13.6 Å². The van der Waals surface area contributed by atoms with E-state index in [-0.39, 0.29) is 23.1 Å². The van der Waals surface area contributed by atoms with Crippen molar-refractivity contribution in [3.63, 3.8) is 0 Å². The first kappa shape index (κ1) is 13.4. The van der Waals surface area contributed by atoms with Gasteiger partial charge in [0.15, 0.2) is 0 Å². The molecule has 0 bridgehead atoms. The number of aromatic nitrogens is 2. The summed E-state index contributed by atoms with van der Waals surface area (Å²) < 4.78 is 26.0. The Balaban J connectivity index is 2.05. The second kappa shape index (κ2) is 5.71. The summed E-state index contributed by atoms with van der Waals surface area (Å²) in [6, 6.07) is 4.47. The molecule has 1 heterocycles. The van der Waals surface area contributed by atoms with Crippen LogP contribution in [0, 0.1) is 11.6 Å². The molecule has 19 heavy (non-hydrogen) atoms. The van der Waals surface area contributed by atoms with Crippen LogP contribution in [-0.4, -0.2) is 15.9 Å². The van der Waals surface area contributed by atoms with Gasteiger partial charge in [-0.2, -0.15) is 0 Å². The van der Waals surface area contributed by atoms with E-state index in [1.807, 2.05) is 0 Å². The fourth-order valence-electron chi connectivity index (χ4n) is 1.40. The van der Waals surface area contributed by atoms with E-state index in [0.29, 0.717) is 0 Å². The highest BCUT2D eigenvalue weighted by Gasteiger charge is 2.10. The van der Waals surface area contributed by atoms with Crippen molar-refractivity contribution in [2.24, 2.45) is 0 Å². The van der Waals surface area contributed by atoms with E-state index < -0.39 is 17.5 Å². The number of halogens is 3. The lowest BCUT2D eigenvalue weighted by molar-refractivity contribution is -0.115. The molecule has 0 radical (unpaired) electrons. The average Bonchev–Trinajstić information content (AvgIpc) is 2.33. The molecule has 0 aliphatic rings. The van der Waals surface area contributed by atoms with E-state index in [2.05, 4.69) is 15.3 Å². The standard InChI is InChI=1S/C12H8ClF2N3O/c13-10-3-4-16-12(17-10)18-11(19)5-7-1-2-8(14)6-9(7)15/h1-4,6H,5H2,(H,16,17,18,19). The number of carbonyl (C=O) groups excluding carboxylic acids is 1. The molecule has 1 aromatic heterocycles. The first-order chi connectivity index (χ1) is 9.04. The highest BCUT2D eigenvalue weighted by molar-refractivity contribution is 6.29. The molecule has 2 rings (SSSR count). The van der Waals surface area contributed by atoms with Gasteiger partial charge in [0.1, 0.15) is 16.8 Å². The Hall–Kier alpha value is -2.08. The van der Waals surface area contributed by atoms with Crippen molar-refractivity contribution in [1.82, 2.24) is 9.97 Å². The smallest absolute Gasteiger partial charge is 0.231 e. The first-order valence-electron chi connectivity index (χ1n) is 5.27. The maximum atomic E-state index is 13.3. The molecule has 0 fully saturated rings. The minimum atomic E-state index is -0.776.